The van der Waals surface area contributed by atoms with Crippen LogP contribution in [0.1, 0.15) is 57.1 Å². The van der Waals surface area contributed by atoms with Crippen LogP contribution in [-0.2, 0) is 21.4 Å². The Morgan fingerprint density at radius 3 is 2.39 bits per heavy atom. The predicted octanol–water partition coefficient (Wildman–Crippen LogP) is 4.57. The molecular weight excluding hydrogens is 354 g/mol. The first-order valence-corrected chi connectivity index (χ1v) is 9.78. The van der Waals surface area contributed by atoms with Crippen molar-refractivity contribution in [3.05, 3.63) is 35.4 Å². The van der Waals surface area contributed by atoms with Gasteiger partial charge in [0.15, 0.2) is 0 Å². The average Bonchev–Trinajstić information content (AvgIpc) is 3.04. The molecule has 1 aromatic rings. The molecular formula is C19H28BrNO2. The number of nitrogens with one attached hydrogen (secondary N) is 1. The number of halogens is 1. The lowest BCUT2D eigenvalue weighted by Gasteiger charge is -2.22. The normalized spacial score (nSPS) is 16.7. The van der Waals surface area contributed by atoms with E-state index in [1.165, 1.54) is 24.0 Å². The number of benzene rings is 1. The third-order valence-corrected chi connectivity index (χ3v) is 4.95. The standard InChI is InChI=1S/C19H28BrNO2/c1-14(2)11-18(19(22)23-17-5-3-4-6-17)21-13-16-9-7-15(12-20)8-10-16/h7-10,14,17-18,21H,3-6,11-13H2,1-2H3/t18-/m1/s1. The van der Waals surface area contributed by atoms with Gasteiger partial charge < -0.3 is 10.1 Å². The monoisotopic (exact) mass is 381 g/mol. The summed E-state index contributed by atoms with van der Waals surface area (Å²) in [6.07, 6.45) is 5.35. The summed E-state index contributed by atoms with van der Waals surface area (Å²) in [5, 5.41) is 4.26. The molecule has 0 aliphatic heterocycles. The molecule has 0 saturated heterocycles. The van der Waals surface area contributed by atoms with E-state index in [4.69, 9.17) is 4.74 Å². The Balaban J connectivity index is 1.89. The summed E-state index contributed by atoms with van der Waals surface area (Å²) < 4.78 is 5.69. The molecule has 1 saturated carbocycles. The van der Waals surface area contributed by atoms with Crippen molar-refractivity contribution >= 4 is 21.9 Å². The first-order valence-electron chi connectivity index (χ1n) is 8.66. The van der Waals surface area contributed by atoms with Gasteiger partial charge in [0.25, 0.3) is 0 Å². The number of esters is 1. The minimum absolute atomic E-state index is 0.0809. The zero-order valence-electron chi connectivity index (χ0n) is 14.2. The van der Waals surface area contributed by atoms with Crippen molar-refractivity contribution in [2.24, 2.45) is 5.92 Å². The summed E-state index contributed by atoms with van der Waals surface area (Å²) in [4.78, 5) is 12.5. The van der Waals surface area contributed by atoms with Gasteiger partial charge in [-0.25, -0.2) is 0 Å². The molecule has 1 aromatic carbocycles. The molecule has 128 valence electrons. The molecule has 3 nitrogen and oxygen atoms in total. The summed E-state index contributed by atoms with van der Waals surface area (Å²) in [5.41, 5.74) is 2.45. The number of hydrogen-bond acceptors (Lipinski definition) is 3. The molecule has 4 heteroatoms. The second-order valence-electron chi connectivity index (χ2n) is 6.86. The summed E-state index contributed by atoms with van der Waals surface area (Å²) in [5.74, 6) is 0.377. The molecule has 1 aliphatic carbocycles. The van der Waals surface area contributed by atoms with Crippen LogP contribution in [0.4, 0.5) is 0 Å². The summed E-state index contributed by atoms with van der Waals surface area (Å²) >= 11 is 3.46. The highest BCUT2D eigenvalue weighted by atomic mass is 79.9. The van der Waals surface area contributed by atoms with Gasteiger partial charge in [-0.3, -0.25) is 4.79 Å². The summed E-state index contributed by atoms with van der Waals surface area (Å²) in [7, 11) is 0. The molecule has 0 unspecified atom stereocenters. The van der Waals surface area contributed by atoms with Gasteiger partial charge in [-0.2, -0.15) is 0 Å². The van der Waals surface area contributed by atoms with Crippen molar-refractivity contribution < 1.29 is 9.53 Å². The third kappa shape index (κ3) is 6.27. The van der Waals surface area contributed by atoms with Crippen LogP contribution in [0.3, 0.4) is 0 Å². The van der Waals surface area contributed by atoms with Crippen LogP contribution in [0, 0.1) is 5.92 Å². The van der Waals surface area contributed by atoms with Crippen LogP contribution in [0.2, 0.25) is 0 Å². The molecule has 0 heterocycles. The van der Waals surface area contributed by atoms with Crippen LogP contribution in [0.15, 0.2) is 24.3 Å². The number of hydrogen-bond donors (Lipinski definition) is 1. The van der Waals surface area contributed by atoms with Crippen molar-refractivity contribution in [2.75, 3.05) is 0 Å². The van der Waals surface area contributed by atoms with Crippen LogP contribution < -0.4 is 5.32 Å². The maximum absolute atomic E-state index is 12.5. The smallest absolute Gasteiger partial charge is 0.323 e. The van der Waals surface area contributed by atoms with E-state index in [1.807, 2.05) is 0 Å². The Morgan fingerprint density at radius 1 is 1.22 bits per heavy atom. The van der Waals surface area contributed by atoms with Gasteiger partial charge in [0, 0.05) is 11.9 Å². The van der Waals surface area contributed by atoms with Crippen LogP contribution in [-0.4, -0.2) is 18.1 Å². The minimum Gasteiger partial charge on any atom is -0.461 e. The number of carbonyl (C=O) groups is 1. The third-order valence-electron chi connectivity index (χ3n) is 4.31. The van der Waals surface area contributed by atoms with Crippen LogP contribution in [0.25, 0.3) is 0 Å². The van der Waals surface area contributed by atoms with Crippen molar-refractivity contribution in [2.45, 2.75) is 70.0 Å². The molecule has 0 spiro atoms. The Labute approximate surface area is 148 Å². The molecule has 1 atom stereocenters. The fourth-order valence-corrected chi connectivity index (χ4v) is 3.35. The van der Waals surface area contributed by atoms with Crippen molar-refractivity contribution in [1.29, 1.82) is 0 Å². The first kappa shape index (κ1) is 18.5. The van der Waals surface area contributed by atoms with E-state index in [9.17, 15) is 4.79 Å². The lowest BCUT2D eigenvalue weighted by Crippen LogP contribution is -2.40. The van der Waals surface area contributed by atoms with E-state index in [2.05, 4.69) is 59.4 Å². The van der Waals surface area contributed by atoms with Crippen molar-refractivity contribution in [1.82, 2.24) is 5.32 Å². The fraction of sp³-hybridized carbons (Fsp3) is 0.632. The molecule has 0 radical (unpaired) electrons. The molecule has 0 amide bonds. The lowest BCUT2D eigenvalue weighted by molar-refractivity contribution is -0.151. The Hall–Kier alpha value is -0.870. The topological polar surface area (TPSA) is 38.3 Å². The fourth-order valence-electron chi connectivity index (χ4n) is 2.97. The van der Waals surface area contributed by atoms with Gasteiger partial charge in [0.1, 0.15) is 12.1 Å². The van der Waals surface area contributed by atoms with E-state index < -0.39 is 0 Å². The van der Waals surface area contributed by atoms with E-state index >= 15 is 0 Å². The highest BCUT2D eigenvalue weighted by Gasteiger charge is 2.25. The summed E-state index contributed by atoms with van der Waals surface area (Å²) in [6.45, 7) is 4.98. The van der Waals surface area contributed by atoms with Gasteiger partial charge in [0.2, 0.25) is 0 Å². The van der Waals surface area contributed by atoms with E-state index in [1.54, 1.807) is 0 Å². The molecule has 2 rings (SSSR count). The average molecular weight is 382 g/mol. The van der Waals surface area contributed by atoms with E-state index in [-0.39, 0.29) is 18.1 Å². The van der Waals surface area contributed by atoms with E-state index in [0.717, 1.165) is 24.6 Å². The zero-order chi connectivity index (χ0) is 16.7. The van der Waals surface area contributed by atoms with Crippen molar-refractivity contribution in [3.63, 3.8) is 0 Å². The Bertz CT molecular complexity index is 481. The second kappa shape index (κ2) is 9.43. The van der Waals surface area contributed by atoms with Gasteiger partial charge in [-0.15, -0.1) is 0 Å². The number of carbonyl (C=O) groups excluding carboxylic acids is 1. The lowest BCUT2D eigenvalue weighted by atomic mass is 10.0. The van der Waals surface area contributed by atoms with Gasteiger partial charge >= 0.3 is 5.97 Å². The van der Waals surface area contributed by atoms with Crippen LogP contribution in [0.5, 0.6) is 0 Å². The SMILES string of the molecule is CC(C)C[C@@H](NCc1ccc(CBr)cc1)C(=O)OC1CCCC1. The Morgan fingerprint density at radius 2 is 1.83 bits per heavy atom. The molecule has 1 fully saturated rings. The molecule has 1 aliphatic rings. The Kier molecular flexibility index (Phi) is 7.57. The number of rotatable bonds is 8. The first-order chi connectivity index (χ1) is 11.1. The molecule has 1 N–H and O–H groups in total. The maximum atomic E-state index is 12.5. The summed E-state index contributed by atoms with van der Waals surface area (Å²) in [6, 6.07) is 8.23. The van der Waals surface area contributed by atoms with Crippen LogP contribution >= 0.6 is 15.9 Å². The molecule has 23 heavy (non-hydrogen) atoms. The highest BCUT2D eigenvalue weighted by Crippen LogP contribution is 2.22. The predicted molar refractivity (Wildman–Crippen MR) is 97.5 cm³/mol. The largest absolute Gasteiger partial charge is 0.461 e. The zero-order valence-corrected chi connectivity index (χ0v) is 15.8. The van der Waals surface area contributed by atoms with Crippen molar-refractivity contribution in [3.8, 4) is 0 Å². The maximum Gasteiger partial charge on any atom is 0.323 e. The van der Waals surface area contributed by atoms with Gasteiger partial charge in [-0.1, -0.05) is 54.0 Å². The molecule has 0 aromatic heterocycles. The van der Waals surface area contributed by atoms with Gasteiger partial charge in [-0.05, 0) is 49.1 Å². The quantitative estimate of drug-likeness (QED) is 0.529. The number of ether oxygens (including phenoxy) is 1. The highest BCUT2D eigenvalue weighted by molar-refractivity contribution is 9.08. The molecule has 0 bridgehead atoms. The number of alkyl halides is 1. The second-order valence-corrected chi connectivity index (χ2v) is 7.42. The van der Waals surface area contributed by atoms with E-state index in [0.29, 0.717) is 12.5 Å². The van der Waals surface area contributed by atoms with Gasteiger partial charge in [0.05, 0.1) is 0 Å². The minimum atomic E-state index is -0.216.